The Kier molecular flexibility index (Phi) is 5.49. The van der Waals surface area contributed by atoms with Gasteiger partial charge in [0.1, 0.15) is 31.1 Å². The third kappa shape index (κ3) is 4.17. The van der Waals surface area contributed by atoms with Crippen molar-refractivity contribution in [2.75, 3.05) is 13.1 Å². The Morgan fingerprint density at radius 3 is 2.76 bits per heavy atom. The quantitative estimate of drug-likeness (QED) is 0.563. The highest BCUT2D eigenvalue weighted by Crippen LogP contribution is 2.38. The molecule has 0 spiro atoms. The van der Waals surface area contributed by atoms with Gasteiger partial charge in [-0.2, -0.15) is 5.10 Å². The molecule has 156 valence electrons. The summed E-state index contributed by atoms with van der Waals surface area (Å²) in [5.74, 6) is -1.85. The summed E-state index contributed by atoms with van der Waals surface area (Å²) in [6.45, 7) is -2.50. The fourth-order valence-electron chi connectivity index (χ4n) is 3.27. The molecule has 2 aromatic rings. The summed E-state index contributed by atoms with van der Waals surface area (Å²) in [5.41, 5.74) is 0.171. The summed E-state index contributed by atoms with van der Waals surface area (Å²) in [5, 5.41) is 35.0. The zero-order chi connectivity index (χ0) is 19.9. The first-order chi connectivity index (χ1) is 13.3. The van der Waals surface area contributed by atoms with Gasteiger partial charge in [0.05, 0.1) is 30.4 Å². The lowest BCUT2D eigenvalue weighted by atomic mass is 9.70. The van der Waals surface area contributed by atoms with E-state index in [9.17, 15) is 24.7 Å². The van der Waals surface area contributed by atoms with E-state index >= 15 is 0 Å². The minimum Gasteiger partial charge on any atom is -0.669 e. The topological polar surface area (TPSA) is 150 Å². The number of aromatic carboxylic acids is 1. The predicted octanol–water partition coefficient (Wildman–Crippen LogP) is -1.57. The Labute approximate surface area is 166 Å². The van der Waals surface area contributed by atoms with Crippen LogP contribution in [0.2, 0.25) is 6.32 Å². The summed E-state index contributed by atoms with van der Waals surface area (Å²) >= 11 is 0. The van der Waals surface area contributed by atoms with E-state index in [1.807, 2.05) is 0 Å². The largest absolute Gasteiger partial charge is 0.669 e. The van der Waals surface area contributed by atoms with Crippen LogP contribution in [0.3, 0.4) is 0 Å². The highest BCUT2D eigenvalue weighted by atomic mass is 16.6. The second kappa shape index (κ2) is 7.72. The SMILES string of the molecule is C.O=C([O-])c1c(OC2CN(C(=O)Cn3cncn3)C2)ccc2c1O[B-](O)(O)CC2. The van der Waals surface area contributed by atoms with Crippen LogP contribution in [0.5, 0.6) is 11.5 Å². The van der Waals surface area contributed by atoms with Crippen molar-refractivity contribution in [3.05, 3.63) is 35.9 Å². The van der Waals surface area contributed by atoms with Crippen LogP contribution in [0.25, 0.3) is 0 Å². The Balaban J connectivity index is 0.00000240. The first-order valence-corrected chi connectivity index (χ1v) is 8.76. The van der Waals surface area contributed by atoms with E-state index in [-0.39, 0.29) is 62.8 Å². The number of benzene rings is 1. The van der Waals surface area contributed by atoms with Crippen molar-refractivity contribution in [2.24, 2.45) is 0 Å². The molecule has 1 saturated heterocycles. The molecule has 12 heteroatoms. The van der Waals surface area contributed by atoms with Crippen LogP contribution in [-0.2, 0) is 17.8 Å². The molecule has 2 N–H and O–H groups in total. The third-order valence-corrected chi connectivity index (χ3v) is 4.76. The van der Waals surface area contributed by atoms with Gasteiger partial charge in [0.25, 0.3) is 0 Å². The molecule has 3 heterocycles. The molecule has 1 aromatic carbocycles. The molecule has 2 aliphatic rings. The van der Waals surface area contributed by atoms with Crippen LogP contribution in [0, 0.1) is 0 Å². The van der Waals surface area contributed by atoms with Gasteiger partial charge >= 0.3 is 6.75 Å². The zero-order valence-electron chi connectivity index (χ0n) is 14.7. The number of hydrogen-bond donors (Lipinski definition) is 2. The number of nitrogens with zero attached hydrogens (tertiary/aromatic N) is 4. The maximum atomic E-state index is 12.1. The molecule has 0 saturated carbocycles. The lowest BCUT2D eigenvalue weighted by Gasteiger charge is -2.41. The summed E-state index contributed by atoms with van der Waals surface area (Å²) in [6.07, 6.45) is 2.61. The average molecular weight is 404 g/mol. The van der Waals surface area contributed by atoms with Crippen molar-refractivity contribution in [2.45, 2.75) is 32.8 Å². The van der Waals surface area contributed by atoms with Gasteiger partial charge in [0.15, 0.2) is 0 Å². The summed E-state index contributed by atoms with van der Waals surface area (Å²) < 4.78 is 12.2. The molecule has 1 aromatic heterocycles. The van der Waals surface area contributed by atoms with Crippen molar-refractivity contribution in [1.82, 2.24) is 19.7 Å². The van der Waals surface area contributed by atoms with E-state index in [4.69, 9.17) is 9.39 Å². The highest BCUT2D eigenvalue weighted by molar-refractivity contribution is 6.59. The fraction of sp³-hybridized carbons (Fsp3) is 0.412. The third-order valence-electron chi connectivity index (χ3n) is 4.76. The predicted molar refractivity (Wildman–Crippen MR) is 97.9 cm³/mol. The molecule has 29 heavy (non-hydrogen) atoms. The van der Waals surface area contributed by atoms with Crippen molar-refractivity contribution < 1.29 is 34.1 Å². The summed E-state index contributed by atoms with van der Waals surface area (Å²) in [6, 6.07) is 3.11. The van der Waals surface area contributed by atoms with Crippen LogP contribution < -0.4 is 14.5 Å². The molecule has 11 nitrogen and oxygen atoms in total. The molecule has 1 amide bonds. The first kappa shape index (κ1) is 20.6. The number of fused-ring (bicyclic) bond motifs is 1. The maximum absolute atomic E-state index is 12.1. The van der Waals surface area contributed by atoms with Gasteiger partial charge in [0, 0.05) is 0 Å². The number of hydrogen-bond acceptors (Lipinski definition) is 9. The van der Waals surface area contributed by atoms with E-state index in [0.29, 0.717) is 5.56 Å². The molecule has 0 atom stereocenters. The molecule has 1 fully saturated rings. The number of carboxylic acids is 1. The summed E-state index contributed by atoms with van der Waals surface area (Å²) in [4.78, 5) is 29.1. The number of aromatic nitrogens is 3. The van der Waals surface area contributed by atoms with Crippen LogP contribution in [0.4, 0.5) is 0 Å². The highest BCUT2D eigenvalue weighted by Gasteiger charge is 2.35. The number of rotatable bonds is 5. The number of carboxylic acid groups (broad SMARTS) is 1. The molecule has 0 unspecified atom stereocenters. The van der Waals surface area contributed by atoms with Crippen LogP contribution in [-0.4, -0.2) is 67.5 Å². The van der Waals surface area contributed by atoms with Gasteiger partial charge in [-0.25, -0.2) is 9.67 Å². The smallest absolute Gasteiger partial charge is 0.430 e. The Hall–Kier alpha value is -3.12. The van der Waals surface area contributed by atoms with Crippen LogP contribution >= 0.6 is 0 Å². The maximum Gasteiger partial charge on any atom is 0.430 e. The van der Waals surface area contributed by atoms with Crippen molar-refractivity contribution in [1.29, 1.82) is 0 Å². The number of carbonyl (C=O) groups excluding carboxylic acids is 2. The Morgan fingerprint density at radius 2 is 2.10 bits per heavy atom. The van der Waals surface area contributed by atoms with E-state index in [1.54, 1.807) is 11.0 Å². The van der Waals surface area contributed by atoms with E-state index in [2.05, 4.69) is 10.1 Å². The van der Waals surface area contributed by atoms with E-state index in [0.717, 1.165) is 0 Å². The molecular formula is C17H21BN4O7-2. The zero-order valence-corrected chi connectivity index (χ0v) is 14.7. The molecular weight excluding hydrogens is 383 g/mol. The Morgan fingerprint density at radius 1 is 1.34 bits per heavy atom. The first-order valence-electron chi connectivity index (χ1n) is 8.76. The van der Waals surface area contributed by atoms with Gasteiger partial charge in [-0.1, -0.05) is 19.8 Å². The number of aryl methyl sites for hydroxylation is 1. The normalized spacial score (nSPS) is 17.4. The van der Waals surface area contributed by atoms with Gasteiger partial charge < -0.3 is 34.2 Å². The Bertz CT molecular complexity index is 913. The van der Waals surface area contributed by atoms with E-state index < -0.39 is 18.8 Å². The molecule has 0 bridgehead atoms. The molecule has 4 rings (SSSR count). The average Bonchev–Trinajstić information content (AvgIpc) is 3.08. The van der Waals surface area contributed by atoms with Crippen LogP contribution in [0.15, 0.2) is 24.8 Å². The number of amides is 1. The van der Waals surface area contributed by atoms with Crippen molar-refractivity contribution in [3.8, 4) is 11.5 Å². The fourth-order valence-corrected chi connectivity index (χ4v) is 3.27. The van der Waals surface area contributed by atoms with E-state index in [1.165, 1.54) is 23.4 Å². The van der Waals surface area contributed by atoms with Crippen molar-refractivity contribution in [3.63, 3.8) is 0 Å². The standard InChI is InChI=1S/C16H18BN4O7.CH4/c22-13(7-21-9-18-8-19-21)20-5-11(6-20)27-12-2-1-10-3-4-17(25,26)28-15(10)14(12)16(23)24;/h1-2,8-9,11,25-26H,3-7H2,(H,23,24);1H4/q-1;/p-1. The van der Waals surface area contributed by atoms with Crippen molar-refractivity contribution >= 4 is 18.6 Å². The number of ether oxygens (including phenoxy) is 1. The van der Waals surface area contributed by atoms with Gasteiger partial charge in [-0.05, 0) is 18.1 Å². The van der Waals surface area contributed by atoms with Gasteiger partial charge in [-0.15, -0.1) is 0 Å². The monoisotopic (exact) mass is 404 g/mol. The molecule has 0 radical (unpaired) electrons. The number of likely N-dealkylation sites (tertiary alicyclic amines) is 1. The lowest BCUT2D eigenvalue weighted by Crippen LogP contribution is -2.57. The second-order valence-corrected chi connectivity index (χ2v) is 6.86. The van der Waals surface area contributed by atoms with Crippen LogP contribution in [0.1, 0.15) is 23.3 Å². The minimum absolute atomic E-state index is 0. The lowest BCUT2D eigenvalue weighted by molar-refractivity contribution is -0.255. The second-order valence-electron chi connectivity index (χ2n) is 6.86. The number of carbonyl (C=O) groups is 2. The van der Waals surface area contributed by atoms with Gasteiger partial charge in [0.2, 0.25) is 5.91 Å². The summed E-state index contributed by atoms with van der Waals surface area (Å²) in [7, 11) is 0. The molecule has 0 aliphatic carbocycles. The minimum atomic E-state index is -3.12. The molecule has 2 aliphatic heterocycles. The van der Waals surface area contributed by atoms with Gasteiger partial charge in [-0.3, -0.25) is 4.79 Å².